The van der Waals surface area contributed by atoms with Crippen molar-refractivity contribution in [3.05, 3.63) is 40.8 Å². The molecule has 0 radical (unpaired) electrons. The van der Waals surface area contributed by atoms with Gasteiger partial charge in [-0.05, 0) is 49.1 Å². The van der Waals surface area contributed by atoms with Crippen molar-refractivity contribution < 1.29 is 9.90 Å². The van der Waals surface area contributed by atoms with E-state index < -0.39 is 5.97 Å². The topological polar surface area (TPSA) is 68.0 Å². The smallest absolute Gasteiger partial charge is 0.356 e. The monoisotopic (exact) mass is 281 g/mol. The van der Waals surface area contributed by atoms with Crippen LogP contribution in [0.3, 0.4) is 0 Å². The van der Waals surface area contributed by atoms with E-state index in [-0.39, 0.29) is 5.69 Å². The first-order valence-corrected chi connectivity index (χ1v) is 7.54. The van der Waals surface area contributed by atoms with Gasteiger partial charge in [0.05, 0.1) is 5.69 Å². The van der Waals surface area contributed by atoms with Crippen molar-refractivity contribution in [1.29, 1.82) is 0 Å². The molecule has 2 aromatic rings. The first-order valence-electron chi connectivity index (χ1n) is 7.54. The fourth-order valence-electron chi connectivity index (χ4n) is 3.64. The van der Waals surface area contributed by atoms with Crippen LogP contribution in [0, 0.1) is 5.92 Å². The number of aromatic carboxylic acids is 1. The maximum absolute atomic E-state index is 11.4. The first-order chi connectivity index (χ1) is 10.2. The molecule has 0 saturated heterocycles. The van der Waals surface area contributed by atoms with Crippen molar-refractivity contribution in [2.24, 2.45) is 5.92 Å². The van der Waals surface area contributed by atoms with Crippen LogP contribution in [0.5, 0.6) is 0 Å². The average molecular weight is 281 g/mol. The highest BCUT2D eigenvalue weighted by Crippen LogP contribution is 2.57. The van der Waals surface area contributed by atoms with Crippen LogP contribution in [0.15, 0.2) is 18.3 Å². The number of hydrogen-bond acceptors (Lipinski definition) is 3. The lowest BCUT2D eigenvalue weighted by atomic mass is 10.1. The molecule has 5 rings (SSSR count). The molecule has 0 aliphatic heterocycles. The Morgan fingerprint density at radius 1 is 1.33 bits per heavy atom. The second kappa shape index (κ2) is 3.72. The third kappa shape index (κ3) is 1.60. The molecule has 5 nitrogen and oxygen atoms in total. The van der Waals surface area contributed by atoms with Gasteiger partial charge in [0.2, 0.25) is 0 Å². The number of fused-ring (bicyclic) bond motifs is 3. The molecule has 2 aromatic heterocycles. The molecule has 5 heteroatoms. The summed E-state index contributed by atoms with van der Waals surface area (Å²) >= 11 is 0. The van der Waals surface area contributed by atoms with Crippen LogP contribution in [0.1, 0.15) is 58.4 Å². The average Bonchev–Trinajstić information content (AvgIpc) is 3.38. The zero-order valence-corrected chi connectivity index (χ0v) is 11.5. The highest BCUT2D eigenvalue weighted by atomic mass is 16.4. The van der Waals surface area contributed by atoms with Gasteiger partial charge >= 0.3 is 5.97 Å². The van der Waals surface area contributed by atoms with Gasteiger partial charge in [0, 0.05) is 17.7 Å². The molecule has 1 N–H and O–H groups in total. The predicted octanol–water partition coefficient (Wildman–Crippen LogP) is 2.50. The number of hydrogen-bond donors (Lipinski definition) is 1. The van der Waals surface area contributed by atoms with Gasteiger partial charge in [-0.1, -0.05) is 6.07 Å². The van der Waals surface area contributed by atoms with Gasteiger partial charge in [0.25, 0.3) is 0 Å². The number of pyridine rings is 1. The van der Waals surface area contributed by atoms with Crippen molar-refractivity contribution in [3.8, 4) is 5.82 Å². The molecule has 3 aliphatic rings. The molecule has 0 unspecified atom stereocenters. The van der Waals surface area contributed by atoms with Crippen molar-refractivity contribution >= 4 is 5.97 Å². The fourth-order valence-corrected chi connectivity index (χ4v) is 3.64. The van der Waals surface area contributed by atoms with Crippen LogP contribution >= 0.6 is 0 Å². The Morgan fingerprint density at radius 3 is 2.86 bits per heavy atom. The highest BCUT2D eigenvalue weighted by molar-refractivity contribution is 5.88. The maximum Gasteiger partial charge on any atom is 0.356 e. The molecule has 2 fully saturated rings. The third-order valence-electron chi connectivity index (χ3n) is 5.00. The number of carboxylic acids is 1. The van der Waals surface area contributed by atoms with E-state index in [0.29, 0.717) is 17.8 Å². The molecule has 3 aliphatic carbocycles. The third-order valence-corrected chi connectivity index (χ3v) is 5.00. The molecule has 2 heterocycles. The van der Waals surface area contributed by atoms with Crippen molar-refractivity contribution in [3.63, 3.8) is 0 Å². The Hall–Kier alpha value is -2.17. The van der Waals surface area contributed by atoms with E-state index in [1.165, 1.54) is 18.4 Å². The summed E-state index contributed by atoms with van der Waals surface area (Å²) < 4.78 is 1.77. The van der Waals surface area contributed by atoms with Gasteiger partial charge in [-0.3, -0.25) is 0 Å². The lowest BCUT2D eigenvalue weighted by Gasteiger charge is -2.06. The normalized spacial score (nSPS) is 25.5. The first kappa shape index (κ1) is 11.5. The van der Waals surface area contributed by atoms with Crippen LogP contribution in [0.4, 0.5) is 0 Å². The standard InChI is InChI=1S/C16H15N3O2/c20-16(21)14-12-6-10-5-11(10)15(12)19(18-14)13-4-3-9(7-17-13)8-1-2-8/h3-4,7-8,10-11H,1-2,5-6H2,(H,20,21)/t10-,11-/m0/s1. The van der Waals surface area contributed by atoms with E-state index in [4.69, 9.17) is 0 Å². The van der Waals surface area contributed by atoms with Gasteiger partial charge in [-0.15, -0.1) is 0 Å². The van der Waals surface area contributed by atoms with Crippen molar-refractivity contribution in [2.45, 2.75) is 37.5 Å². The lowest BCUT2D eigenvalue weighted by molar-refractivity contribution is 0.0688. The summed E-state index contributed by atoms with van der Waals surface area (Å²) in [5.41, 5.74) is 3.51. The Labute approximate surface area is 121 Å². The molecular formula is C16H15N3O2. The van der Waals surface area contributed by atoms with Crippen LogP contribution in [-0.4, -0.2) is 25.8 Å². The summed E-state index contributed by atoms with van der Waals surface area (Å²) in [7, 11) is 0. The molecule has 2 saturated carbocycles. The van der Waals surface area contributed by atoms with Crippen molar-refractivity contribution in [2.75, 3.05) is 0 Å². The van der Waals surface area contributed by atoms with Gasteiger partial charge in [-0.25, -0.2) is 14.5 Å². The summed E-state index contributed by atoms with van der Waals surface area (Å²) in [6, 6.07) is 4.08. The van der Waals surface area contributed by atoms with Gasteiger partial charge in [-0.2, -0.15) is 5.10 Å². The zero-order chi connectivity index (χ0) is 14.1. The largest absolute Gasteiger partial charge is 0.476 e. The number of nitrogens with zero attached hydrogens (tertiary/aromatic N) is 3. The summed E-state index contributed by atoms with van der Waals surface area (Å²) in [5.74, 6) is 1.62. The Bertz CT molecular complexity index is 759. The fraction of sp³-hybridized carbons (Fsp3) is 0.438. The van der Waals surface area contributed by atoms with Crippen LogP contribution < -0.4 is 0 Å². The minimum atomic E-state index is -0.930. The van der Waals surface area contributed by atoms with Crippen molar-refractivity contribution in [1.82, 2.24) is 14.8 Å². The van der Waals surface area contributed by atoms with Crippen LogP contribution in [0.25, 0.3) is 5.82 Å². The molecule has 0 amide bonds. The molecule has 0 aromatic carbocycles. The molecule has 0 bridgehead atoms. The minimum absolute atomic E-state index is 0.213. The summed E-state index contributed by atoms with van der Waals surface area (Å²) in [4.78, 5) is 15.9. The SMILES string of the molecule is O=C(O)c1nn(-c2ccc(C3CC3)cn2)c2c1C[C@@H]1C[C@H]21. The van der Waals surface area contributed by atoms with E-state index in [2.05, 4.69) is 16.1 Å². The Balaban J connectivity index is 1.62. The second-order valence-electron chi connectivity index (χ2n) is 6.46. The summed E-state index contributed by atoms with van der Waals surface area (Å²) in [5, 5.41) is 13.7. The van der Waals surface area contributed by atoms with Gasteiger partial charge in [0.1, 0.15) is 0 Å². The quantitative estimate of drug-likeness (QED) is 0.938. The molecule has 0 spiro atoms. The Morgan fingerprint density at radius 2 is 2.19 bits per heavy atom. The van der Waals surface area contributed by atoms with Gasteiger partial charge in [0.15, 0.2) is 11.5 Å². The predicted molar refractivity (Wildman–Crippen MR) is 74.8 cm³/mol. The van der Waals surface area contributed by atoms with E-state index in [1.54, 1.807) is 4.68 Å². The number of aromatic nitrogens is 3. The maximum atomic E-state index is 11.4. The molecule has 106 valence electrons. The van der Waals surface area contributed by atoms with E-state index in [0.717, 1.165) is 29.9 Å². The van der Waals surface area contributed by atoms with Crippen LogP contribution in [0.2, 0.25) is 0 Å². The van der Waals surface area contributed by atoms with Crippen LogP contribution in [-0.2, 0) is 6.42 Å². The number of carbonyl (C=O) groups is 1. The Kier molecular flexibility index (Phi) is 2.04. The summed E-state index contributed by atoms with van der Waals surface area (Å²) in [6.07, 6.45) is 6.46. The molecule has 21 heavy (non-hydrogen) atoms. The number of rotatable bonds is 3. The van der Waals surface area contributed by atoms with E-state index in [1.807, 2.05) is 12.3 Å². The minimum Gasteiger partial charge on any atom is -0.476 e. The van der Waals surface area contributed by atoms with E-state index in [9.17, 15) is 9.90 Å². The zero-order valence-electron chi connectivity index (χ0n) is 11.5. The summed E-state index contributed by atoms with van der Waals surface area (Å²) in [6.45, 7) is 0. The van der Waals surface area contributed by atoms with E-state index >= 15 is 0 Å². The molecular weight excluding hydrogens is 266 g/mol. The van der Waals surface area contributed by atoms with Gasteiger partial charge < -0.3 is 5.11 Å². The second-order valence-corrected chi connectivity index (χ2v) is 6.46. The number of carboxylic acid groups (broad SMARTS) is 1. The molecule has 2 atom stereocenters. The highest BCUT2D eigenvalue weighted by Gasteiger charge is 2.50. The lowest BCUT2D eigenvalue weighted by Crippen LogP contribution is -2.06.